The number of fused-ring (bicyclic) bond motifs is 1. The highest BCUT2D eigenvalue weighted by atomic mass is 16.5. The molecule has 0 N–H and O–H groups in total. The number of rotatable bonds is 3. The molecule has 116 valence electrons. The fraction of sp³-hybridized carbons (Fsp3) is 0.167. The monoisotopic (exact) mass is 309 g/mol. The van der Waals surface area contributed by atoms with E-state index in [0.717, 1.165) is 10.5 Å². The highest BCUT2D eigenvalue weighted by molar-refractivity contribution is 6.34. The average molecular weight is 309 g/mol. The summed E-state index contributed by atoms with van der Waals surface area (Å²) in [6.07, 6.45) is 0. The number of hydrogen-bond acceptors (Lipinski definition) is 4. The van der Waals surface area contributed by atoms with Crippen molar-refractivity contribution < 1.29 is 19.1 Å². The zero-order valence-electron chi connectivity index (χ0n) is 12.8. The first-order valence-electron chi connectivity index (χ1n) is 7.30. The van der Waals surface area contributed by atoms with E-state index in [1.165, 1.54) is 6.07 Å². The van der Waals surface area contributed by atoms with Crippen LogP contribution < -0.4 is 4.90 Å². The van der Waals surface area contributed by atoms with Gasteiger partial charge in [0.1, 0.15) is 0 Å². The molecule has 0 saturated carbocycles. The number of carbonyl (C=O) groups is 3. The number of nitrogens with zero attached hydrogens (tertiary/aromatic N) is 1. The van der Waals surface area contributed by atoms with Crippen molar-refractivity contribution in [3.05, 3.63) is 64.7 Å². The second-order valence-electron chi connectivity index (χ2n) is 5.21. The fourth-order valence-electron chi connectivity index (χ4n) is 2.60. The summed E-state index contributed by atoms with van der Waals surface area (Å²) in [6, 6.07) is 11.5. The third kappa shape index (κ3) is 2.40. The van der Waals surface area contributed by atoms with Crippen molar-refractivity contribution in [3.8, 4) is 0 Å². The summed E-state index contributed by atoms with van der Waals surface area (Å²) in [5.41, 5.74) is 2.19. The van der Waals surface area contributed by atoms with Crippen LogP contribution in [0.3, 0.4) is 0 Å². The molecule has 2 amide bonds. The smallest absolute Gasteiger partial charge is 0.338 e. The molecule has 0 unspecified atom stereocenters. The Bertz CT molecular complexity index is 791. The molecule has 0 aromatic heterocycles. The van der Waals surface area contributed by atoms with E-state index in [0.29, 0.717) is 22.4 Å². The molecule has 0 radical (unpaired) electrons. The lowest BCUT2D eigenvalue weighted by molar-refractivity contribution is 0.0525. The number of carbonyl (C=O) groups excluding carboxylic acids is 3. The largest absolute Gasteiger partial charge is 0.462 e. The van der Waals surface area contributed by atoms with E-state index >= 15 is 0 Å². The van der Waals surface area contributed by atoms with Gasteiger partial charge in [-0.2, -0.15) is 0 Å². The lowest BCUT2D eigenvalue weighted by Crippen LogP contribution is -2.30. The van der Waals surface area contributed by atoms with Crippen molar-refractivity contribution >= 4 is 23.5 Å². The van der Waals surface area contributed by atoms with Gasteiger partial charge < -0.3 is 4.74 Å². The van der Waals surface area contributed by atoms with E-state index in [1.807, 2.05) is 0 Å². The standard InChI is InChI=1S/C18H15NO4/c1-3-23-18(22)12-9-8-11(2)15(10-12)19-16(20)13-6-4-5-7-14(13)17(19)21/h4-10H,3H2,1-2H3. The molecule has 0 bridgehead atoms. The van der Waals surface area contributed by atoms with Crippen LogP contribution in [0.4, 0.5) is 5.69 Å². The molecule has 1 aliphatic rings. The Morgan fingerprint density at radius 2 is 1.65 bits per heavy atom. The maximum absolute atomic E-state index is 12.6. The Balaban J connectivity index is 2.06. The molecule has 0 fully saturated rings. The summed E-state index contributed by atoms with van der Waals surface area (Å²) in [5, 5.41) is 0. The first-order valence-corrected chi connectivity index (χ1v) is 7.30. The van der Waals surface area contributed by atoms with Crippen LogP contribution in [-0.4, -0.2) is 24.4 Å². The van der Waals surface area contributed by atoms with E-state index in [4.69, 9.17) is 4.74 Å². The van der Waals surface area contributed by atoms with Crippen molar-refractivity contribution in [2.24, 2.45) is 0 Å². The van der Waals surface area contributed by atoms with Crippen molar-refractivity contribution in [3.63, 3.8) is 0 Å². The van der Waals surface area contributed by atoms with Gasteiger partial charge in [0.2, 0.25) is 0 Å². The van der Waals surface area contributed by atoms with Gasteiger partial charge in [-0.05, 0) is 43.7 Å². The van der Waals surface area contributed by atoms with Crippen molar-refractivity contribution in [1.82, 2.24) is 0 Å². The molecule has 0 atom stereocenters. The van der Waals surface area contributed by atoms with Crippen LogP contribution in [0.1, 0.15) is 43.6 Å². The quantitative estimate of drug-likeness (QED) is 0.646. The van der Waals surface area contributed by atoms with Crippen LogP contribution in [0.5, 0.6) is 0 Å². The minimum Gasteiger partial charge on any atom is -0.462 e. The Hall–Kier alpha value is -2.95. The zero-order chi connectivity index (χ0) is 16.6. The number of benzene rings is 2. The Labute approximate surface area is 133 Å². The first-order chi connectivity index (χ1) is 11.0. The lowest BCUT2D eigenvalue weighted by atomic mass is 10.1. The second-order valence-corrected chi connectivity index (χ2v) is 5.21. The molecule has 0 spiro atoms. The first kappa shape index (κ1) is 15.0. The zero-order valence-corrected chi connectivity index (χ0v) is 12.8. The normalized spacial score (nSPS) is 13.2. The van der Waals surface area contributed by atoms with Crippen LogP contribution in [0, 0.1) is 6.92 Å². The van der Waals surface area contributed by atoms with Gasteiger partial charge in [-0.25, -0.2) is 9.69 Å². The minimum atomic E-state index is -0.481. The molecule has 5 heteroatoms. The van der Waals surface area contributed by atoms with Crippen molar-refractivity contribution in [1.29, 1.82) is 0 Å². The highest BCUT2D eigenvalue weighted by Crippen LogP contribution is 2.31. The summed E-state index contributed by atoms with van der Waals surface area (Å²) >= 11 is 0. The number of imide groups is 1. The van der Waals surface area contributed by atoms with E-state index < -0.39 is 5.97 Å². The number of anilines is 1. The fourth-order valence-corrected chi connectivity index (χ4v) is 2.60. The third-order valence-corrected chi connectivity index (χ3v) is 3.76. The van der Waals surface area contributed by atoms with E-state index in [2.05, 4.69) is 0 Å². The highest BCUT2D eigenvalue weighted by Gasteiger charge is 2.37. The summed E-state index contributed by atoms with van der Waals surface area (Å²) in [7, 11) is 0. The van der Waals surface area contributed by atoms with Gasteiger partial charge in [-0.3, -0.25) is 9.59 Å². The van der Waals surface area contributed by atoms with Gasteiger partial charge in [0.15, 0.2) is 0 Å². The molecule has 1 heterocycles. The van der Waals surface area contributed by atoms with E-state index in [1.54, 1.807) is 50.2 Å². The summed E-state index contributed by atoms with van der Waals surface area (Å²) in [4.78, 5) is 38.1. The maximum atomic E-state index is 12.6. The lowest BCUT2D eigenvalue weighted by Gasteiger charge is -2.17. The molecule has 0 aliphatic carbocycles. The minimum absolute atomic E-state index is 0.259. The Kier molecular flexibility index (Phi) is 3.70. The van der Waals surface area contributed by atoms with E-state index in [9.17, 15) is 14.4 Å². The van der Waals surface area contributed by atoms with Gasteiger partial charge in [-0.15, -0.1) is 0 Å². The molecular weight excluding hydrogens is 294 g/mol. The van der Waals surface area contributed by atoms with E-state index in [-0.39, 0.29) is 18.4 Å². The number of aryl methyl sites for hydroxylation is 1. The third-order valence-electron chi connectivity index (χ3n) is 3.76. The maximum Gasteiger partial charge on any atom is 0.338 e. The summed E-state index contributed by atoms with van der Waals surface area (Å²) < 4.78 is 4.97. The average Bonchev–Trinajstić information content (AvgIpc) is 2.80. The molecule has 5 nitrogen and oxygen atoms in total. The predicted octanol–water partition coefficient (Wildman–Crippen LogP) is 2.97. The van der Waals surface area contributed by atoms with Gasteiger partial charge in [0.25, 0.3) is 11.8 Å². The SMILES string of the molecule is CCOC(=O)c1ccc(C)c(N2C(=O)c3ccccc3C2=O)c1. The van der Waals surface area contributed by atoms with Crippen molar-refractivity contribution in [2.45, 2.75) is 13.8 Å². The molecule has 1 aliphatic heterocycles. The molecule has 23 heavy (non-hydrogen) atoms. The molecule has 2 aromatic rings. The van der Waals surface area contributed by atoms with Crippen molar-refractivity contribution in [2.75, 3.05) is 11.5 Å². The molecule has 2 aromatic carbocycles. The number of esters is 1. The summed E-state index contributed by atoms with van der Waals surface area (Å²) in [6.45, 7) is 3.76. The summed E-state index contributed by atoms with van der Waals surface area (Å²) in [5.74, 6) is -1.24. The second kappa shape index (κ2) is 5.68. The molecule has 0 saturated heterocycles. The molecular formula is C18H15NO4. The molecule has 3 rings (SSSR count). The predicted molar refractivity (Wildman–Crippen MR) is 84.7 cm³/mol. The van der Waals surface area contributed by atoms with Gasteiger partial charge in [0.05, 0.1) is 29.0 Å². The number of hydrogen-bond donors (Lipinski definition) is 0. The topological polar surface area (TPSA) is 63.7 Å². The van der Waals surface area contributed by atoms with Gasteiger partial charge >= 0.3 is 5.97 Å². The van der Waals surface area contributed by atoms with Crippen LogP contribution in [0.2, 0.25) is 0 Å². The van der Waals surface area contributed by atoms with Gasteiger partial charge in [0, 0.05) is 0 Å². The van der Waals surface area contributed by atoms with Crippen LogP contribution >= 0.6 is 0 Å². The van der Waals surface area contributed by atoms with Gasteiger partial charge in [-0.1, -0.05) is 18.2 Å². The van der Waals surface area contributed by atoms with Crippen LogP contribution in [0.25, 0.3) is 0 Å². The number of amides is 2. The van der Waals surface area contributed by atoms with Crippen LogP contribution in [0.15, 0.2) is 42.5 Å². The number of ether oxygens (including phenoxy) is 1. The Morgan fingerprint density at radius 3 is 2.22 bits per heavy atom. The van der Waals surface area contributed by atoms with Crippen LogP contribution in [-0.2, 0) is 4.74 Å². The Morgan fingerprint density at radius 1 is 1.04 bits per heavy atom.